The van der Waals surface area contributed by atoms with E-state index in [1.54, 1.807) is 0 Å². The average Bonchev–Trinajstić information content (AvgIpc) is 3.50. The number of likely N-dealkylation sites (tertiary alicyclic amines) is 1. The van der Waals surface area contributed by atoms with E-state index >= 15 is 0 Å². The molecule has 1 spiro atoms. The molecule has 0 unspecified atom stereocenters. The van der Waals surface area contributed by atoms with Gasteiger partial charge in [-0.1, -0.05) is 58.9 Å². The second-order valence-electron chi connectivity index (χ2n) is 9.78. The van der Waals surface area contributed by atoms with Crippen molar-refractivity contribution in [2.24, 2.45) is 16.2 Å². The van der Waals surface area contributed by atoms with E-state index in [0.29, 0.717) is 22.8 Å². The summed E-state index contributed by atoms with van der Waals surface area (Å²) >= 11 is 0. The van der Waals surface area contributed by atoms with Crippen LogP contribution in [0.3, 0.4) is 0 Å². The molecule has 3 heterocycles. The van der Waals surface area contributed by atoms with Gasteiger partial charge in [0, 0.05) is 31.7 Å². The zero-order chi connectivity index (χ0) is 26.0. The van der Waals surface area contributed by atoms with E-state index in [-0.39, 0.29) is 5.54 Å². The maximum Gasteiger partial charge on any atom is 0.303 e. The summed E-state index contributed by atoms with van der Waals surface area (Å²) in [5, 5.41) is 15.3. The molecular weight excluding hydrogens is 478 g/mol. The van der Waals surface area contributed by atoms with E-state index in [9.17, 15) is 4.79 Å². The van der Waals surface area contributed by atoms with E-state index in [1.165, 1.54) is 5.56 Å². The molecule has 3 aromatic carbocycles. The Morgan fingerprint density at radius 3 is 2.29 bits per heavy atom. The second-order valence-corrected chi connectivity index (χ2v) is 9.78. The van der Waals surface area contributed by atoms with Crippen molar-refractivity contribution in [3.63, 3.8) is 0 Å². The van der Waals surface area contributed by atoms with Gasteiger partial charge in [0.05, 0.1) is 5.54 Å². The summed E-state index contributed by atoms with van der Waals surface area (Å²) in [6.45, 7) is 3.54. The first-order valence-corrected chi connectivity index (χ1v) is 12.8. The monoisotopic (exact) mass is 507 g/mol. The van der Waals surface area contributed by atoms with Gasteiger partial charge in [0.2, 0.25) is 0 Å². The Bertz CT molecular complexity index is 1440. The number of aromatic nitrogens is 2. The third-order valence-electron chi connectivity index (χ3n) is 7.42. The summed E-state index contributed by atoms with van der Waals surface area (Å²) in [6.07, 6.45) is 1.85. The number of rotatable bonds is 6. The fourth-order valence-corrected chi connectivity index (χ4v) is 5.42. The highest BCUT2D eigenvalue weighted by Gasteiger charge is 2.45. The molecule has 1 saturated heterocycles. The Labute approximate surface area is 220 Å². The smallest absolute Gasteiger partial charge is 0.303 e. The van der Waals surface area contributed by atoms with E-state index in [2.05, 4.69) is 44.8 Å². The van der Waals surface area contributed by atoms with Crippen LogP contribution in [0.2, 0.25) is 0 Å². The van der Waals surface area contributed by atoms with Crippen LogP contribution >= 0.6 is 0 Å². The topological polar surface area (TPSA) is 110 Å². The molecule has 2 aliphatic rings. The predicted molar refractivity (Wildman–Crippen MR) is 145 cm³/mol. The number of benzene rings is 3. The highest BCUT2D eigenvalue weighted by atomic mass is 16.5. The van der Waals surface area contributed by atoms with Gasteiger partial charge >= 0.3 is 5.91 Å². The molecule has 9 nitrogen and oxygen atoms in total. The minimum atomic E-state index is -0.514. The van der Waals surface area contributed by atoms with Crippen molar-refractivity contribution in [2.45, 2.75) is 24.9 Å². The average molecular weight is 508 g/mol. The summed E-state index contributed by atoms with van der Waals surface area (Å²) in [4.78, 5) is 15.5. The number of carbonyl (C=O) groups excluding carboxylic acids is 1. The van der Waals surface area contributed by atoms with Crippen molar-refractivity contribution in [2.75, 3.05) is 25.0 Å². The Balaban J connectivity index is 1.27. The van der Waals surface area contributed by atoms with Crippen LogP contribution in [0.15, 0.2) is 95.3 Å². The van der Waals surface area contributed by atoms with Crippen LogP contribution < -0.4 is 15.9 Å². The minimum Gasteiger partial charge on any atom is -0.457 e. The molecule has 0 saturated carbocycles. The van der Waals surface area contributed by atoms with Crippen molar-refractivity contribution in [3.8, 4) is 22.8 Å². The van der Waals surface area contributed by atoms with Crippen molar-refractivity contribution in [1.29, 1.82) is 0 Å². The fraction of sp³-hybridized carbons (Fsp3) is 0.241. The SMILES string of the molecule is NN=NC(=O)c1c(-c2ccc(Oc3ccccc3)cc2)nn2c1NCC21CCN(Cc2ccccc2)CC1. The van der Waals surface area contributed by atoms with Gasteiger partial charge in [0.1, 0.15) is 28.6 Å². The molecule has 1 amide bonds. The zero-order valence-corrected chi connectivity index (χ0v) is 21.0. The third-order valence-corrected chi connectivity index (χ3v) is 7.42. The number of hydrogen-bond acceptors (Lipinski definition) is 6. The summed E-state index contributed by atoms with van der Waals surface area (Å²) in [6, 6.07) is 27.7. The number of amides is 1. The number of para-hydroxylation sites is 1. The molecular formula is C29H29N7O2. The van der Waals surface area contributed by atoms with Gasteiger partial charge in [0.25, 0.3) is 0 Å². The van der Waals surface area contributed by atoms with E-state index < -0.39 is 5.91 Å². The van der Waals surface area contributed by atoms with Gasteiger partial charge in [-0.3, -0.25) is 9.69 Å². The lowest BCUT2D eigenvalue weighted by molar-refractivity contribution is 0.0994. The number of ether oxygens (including phenoxy) is 1. The molecule has 1 fully saturated rings. The number of fused-ring (bicyclic) bond motifs is 2. The molecule has 0 bridgehead atoms. The lowest BCUT2D eigenvalue weighted by Crippen LogP contribution is -2.46. The Hall–Kier alpha value is -4.50. The largest absolute Gasteiger partial charge is 0.457 e. The number of nitrogens with one attached hydrogen (secondary N) is 1. The molecule has 6 rings (SSSR count). The number of anilines is 1. The summed E-state index contributed by atoms with van der Waals surface area (Å²) < 4.78 is 7.94. The van der Waals surface area contributed by atoms with Crippen molar-refractivity contribution in [3.05, 3.63) is 96.1 Å². The van der Waals surface area contributed by atoms with Crippen LogP contribution in [-0.2, 0) is 12.1 Å². The van der Waals surface area contributed by atoms with Crippen molar-refractivity contribution in [1.82, 2.24) is 14.7 Å². The molecule has 3 N–H and O–H groups in total. The van der Waals surface area contributed by atoms with Crippen molar-refractivity contribution >= 4 is 11.7 Å². The van der Waals surface area contributed by atoms with Crippen LogP contribution in [0, 0.1) is 0 Å². The fourth-order valence-electron chi connectivity index (χ4n) is 5.42. The van der Waals surface area contributed by atoms with Crippen molar-refractivity contribution < 1.29 is 9.53 Å². The van der Waals surface area contributed by atoms with E-state index in [0.717, 1.165) is 50.3 Å². The Morgan fingerprint density at radius 1 is 0.947 bits per heavy atom. The van der Waals surface area contributed by atoms with Crippen LogP contribution in [0.1, 0.15) is 28.8 Å². The molecule has 2 aliphatic heterocycles. The first-order chi connectivity index (χ1) is 18.6. The minimum absolute atomic E-state index is 0.202. The maximum atomic E-state index is 13.0. The quantitative estimate of drug-likeness (QED) is 0.210. The standard InChI is InChI=1S/C29H29N7O2/c30-34-32-28(37)25-26(22-11-13-24(14-12-22)38-23-9-5-2-6-10-23)33-36-27(25)31-20-29(36)15-17-35(18-16-29)19-21-7-3-1-4-8-21/h1-14,31H,15-20H2,(H2,30,32,37). The Morgan fingerprint density at radius 2 is 1.61 bits per heavy atom. The molecule has 1 aromatic heterocycles. The lowest BCUT2D eigenvalue weighted by atomic mass is 9.88. The highest BCUT2D eigenvalue weighted by molar-refractivity contribution is 6.05. The van der Waals surface area contributed by atoms with Gasteiger partial charge in [-0.15, -0.1) is 0 Å². The number of carbonyl (C=O) groups is 1. The van der Waals surface area contributed by atoms with Gasteiger partial charge < -0.3 is 15.9 Å². The van der Waals surface area contributed by atoms with Gasteiger partial charge in [-0.05, 0) is 54.8 Å². The second kappa shape index (κ2) is 10.1. The lowest BCUT2D eigenvalue weighted by Gasteiger charge is -2.39. The van der Waals surface area contributed by atoms with Gasteiger partial charge in [-0.2, -0.15) is 5.10 Å². The molecule has 192 valence electrons. The Kier molecular flexibility index (Phi) is 6.35. The first kappa shape index (κ1) is 23.9. The van der Waals surface area contributed by atoms with Gasteiger partial charge in [-0.25, -0.2) is 4.68 Å². The molecule has 4 aromatic rings. The normalized spacial score (nSPS) is 16.4. The molecule has 38 heavy (non-hydrogen) atoms. The molecule has 0 aliphatic carbocycles. The maximum absolute atomic E-state index is 13.0. The summed E-state index contributed by atoms with van der Waals surface area (Å²) in [5.41, 5.74) is 2.85. The van der Waals surface area contributed by atoms with Crippen LogP contribution in [0.4, 0.5) is 5.82 Å². The first-order valence-electron chi connectivity index (χ1n) is 12.8. The molecule has 0 atom stereocenters. The summed E-state index contributed by atoms with van der Waals surface area (Å²) in [5.74, 6) is 6.86. The number of nitrogens with zero attached hydrogens (tertiary/aromatic N) is 5. The van der Waals surface area contributed by atoms with Gasteiger partial charge in [0.15, 0.2) is 0 Å². The highest BCUT2D eigenvalue weighted by Crippen LogP contribution is 2.43. The third kappa shape index (κ3) is 4.52. The summed E-state index contributed by atoms with van der Waals surface area (Å²) in [7, 11) is 0. The zero-order valence-electron chi connectivity index (χ0n) is 21.0. The van der Waals surface area contributed by atoms with Crippen LogP contribution in [0.5, 0.6) is 11.5 Å². The molecule has 9 heteroatoms. The number of hydrogen-bond donors (Lipinski definition) is 2. The van der Waals surface area contributed by atoms with E-state index in [4.69, 9.17) is 15.7 Å². The number of piperidine rings is 1. The number of nitrogens with two attached hydrogens (primary N) is 1. The van der Waals surface area contributed by atoms with E-state index in [1.807, 2.05) is 65.3 Å². The molecule has 0 radical (unpaired) electrons. The van der Waals surface area contributed by atoms with Crippen LogP contribution in [0.25, 0.3) is 11.3 Å². The predicted octanol–water partition coefficient (Wildman–Crippen LogP) is 5.23. The van der Waals surface area contributed by atoms with Crippen LogP contribution in [-0.4, -0.2) is 40.2 Å².